The fraction of sp³-hybridized carbons (Fsp3) is 0.571. The second-order valence-electron chi connectivity index (χ2n) is 7.76. The molecule has 1 aliphatic heterocycles. The number of benzene rings is 1. The van der Waals surface area contributed by atoms with E-state index < -0.39 is 0 Å². The monoisotopic (exact) mass is 385 g/mol. The summed E-state index contributed by atoms with van der Waals surface area (Å²) in [5, 5.41) is 9.52. The van der Waals surface area contributed by atoms with Gasteiger partial charge in [0, 0.05) is 38.8 Å². The highest BCUT2D eigenvalue weighted by Crippen LogP contribution is 2.42. The van der Waals surface area contributed by atoms with Gasteiger partial charge in [-0.2, -0.15) is 0 Å². The number of guanidine groups is 1. The highest BCUT2D eigenvalue weighted by atomic mass is 16.2. The minimum atomic E-state index is -0.106. The molecule has 1 saturated heterocycles. The lowest BCUT2D eigenvalue weighted by Gasteiger charge is -2.41. The molecule has 7 heteroatoms. The molecule has 2 fully saturated rings. The number of carbonyl (C=O) groups is 2. The van der Waals surface area contributed by atoms with Gasteiger partial charge in [-0.05, 0) is 42.4 Å². The predicted molar refractivity (Wildman–Crippen MR) is 110 cm³/mol. The summed E-state index contributed by atoms with van der Waals surface area (Å²) in [4.78, 5) is 29.9. The first-order valence-electron chi connectivity index (χ1n) is 10.1. The van der Waals surface area contributed by atoms with E-state index in [1.807, 2.05) is 24.3 Å². The second-order valence-corrected chi connectivity index (χ2v) is 7.76. The Kier molecular flexibility index (Phi) is 6.54. The van der Waals surface area contributed by atoms with Crippen LogP contribution in [0.2, 0.25) is 0 Å². The summed E-state index contributed by atoms with van der Waals surface area (Å²) in [5.41, 5.74) is 2.12. The number of amides is 2. The molecule has 1 aromatic carbocycles. The van der Waals surface area contributed by atoms with Crippen LogP contribution in [0.1, 0.15) is 48.5 Å². The van der Waals surface area contributed by atoms with Crippen LogP contribution >= 0.6 is 0 Å². The van der Waals surface area contributed by atoms with Crippen molar-refractivity contribution >= 4 is 17.8 Å². The summed E-state index contributed by atoms with van der Waals surface area (Å²) in [6.07, 6.45) is 5.11. The molecule has 1 heterocycles. The Balaban J connectivity index is 1.49. The molecule has 0 spiro atoms. The minimum Gasteiger partial charge on any atom is -0.356 e. The van der Waals surface area contributed by atoms with E-state index in [4.69, 9.17) is 0 Å². The van der Waals surface area contributed by atoms with Crippen LogP contribution in [0.25, 0.3) is 0 Å². The average Bonchev–Trinajstić information content (AvgIpc) is 2.69. The molecule has 3 N–H and O–H groups in total. The number of aliphatic imine (C=N–C) groups is 1. The van der Waals surface area contributed by atoms with Crippen molar-refractivity contribution in [3.05, 3.63) is 35.4 Å². The highest BCUT2D eigenvalue weighted by Gasteiger charge is 2.34. The predicted octanol–water partition coefficient (Wildman–Crippen LogP) is 1.50. The van der Waals surface area contributed by atoms with E-state index in [1.165, 1.54) is 25.7 Å². The molecule has 3 rings (SSSR count). The maximum atomic E-state index is 12.5. The molecule has 0 radical (unpaired) electrons. The lowest BCUT2D eigenvalue weighted by molar-refractivity contribution is -0.123. The Bertz CT molecular complexity index is 719. The van der Waals surface area contributed by atoms with E-state index in [0.29, 0.717) is 30.6 Å². The summed E-state index contributed by atoms with van der Waals surface area (Å²) in [5.74, 6) is 0.600. The molecule has 28 heavy (non-hydrogen) atoms. The van der Waals surface area contributed by atoms with Crippen LogP contribution < -0.4 is 16.0 Å². The van der Waals surface area contributed by atoms with Gasteiger partial charge in [0.05, 0.1) is 6.54 Å². The third-order valence-corrected chi connectivity index (χ3v) is 6.01. The van der Waals surface area contributed by atoms with Gasteiger partial charge in [-0.25, -0.2) is 0 Å². The van der Waals surface area contributed by atoms with Gasteiger partial charge in [-0.15, -0.1) is 0 Å². The van der Waals surface area contributed by atoms with E-state index in [-0.39, 0.29) is 18.4 Å². The van der Waals surface area contributed by atoms with Crippen molar-refractivity contribution in [2.75, 3.05) is 33.2 Å². The summed E-state index contributed by atoms with van der Waals surface area (Å²) in [6.45, 7) is 5.05. The SMILES string of the molecule is CCC1(CNC(=NC)NCc2ccc(C(=O)N3CCNC(=O)C3)cc2)CCC1. The molecular formula is C21H31N5O2. The van der Waals surface area contributed by atoms with E-state index in [0.717, 1.165) is 18.1 Å². The molecule has 1 saturated carbocycles. The lowest BCUT2D eigenvalue weighted by Crippen LogP contribution is -2.49. The maximum Gasteiger partial charge on any atom is 0.254 e. The molecule has 0 aromatic heterocycles. The van der Waals surface area contributed by atoms with Crippen molar-refractivity contribution in [1.29, 1.82) is 0 Å². The zero-order valence-electron chi connectivity index (χ0n) is 16.9. The Hall–Kier alpha value is -2.57. The molecule has 0 bridgehead atoms. The van der Waals surface area contributed by atoms with Crippen LogP contribution in [0.5, 0.6) is 0 Å². The standard InChI is InChI=1S/C21H31N5O2/c1-3-21(9-4-10-21)15-25-20(22-2)24-13-16-5-7-17(8-6-16)19(28)26-12-11-23-18(27)14-26/h5-8H,3-4,9-15H2,1-2H3,(H,23,27)(H2,22,24,25). The third-order valence-electron chi connectivity index (χ3n) is 6.01. The Morgan fingerprint density at radius 2 is 2.00 bits per heavy atom. The largest absolute Gasteiger partial charge is 0.356 e. The zero-order valence-corrected chi connectivity index (χ0v) is 16.9. The van der Waals surface area contributed by atoms with E-state index >= 15 is 0 Å². The minimum absolute atomic E-state index is 0.0998. The van der Waals surface area contributed by atoms with Crippen molar-refractivity contribution in [1.82, 2.24) is 20.9 Å². The number of nitrogens with zero attached hydrogens (tertiary/aromatic N) is 2. The van der Waals surface area contributed by atoms with Crippen LogP contribution in [0.15, 0.2) is 29.3 Å². The molecule has 0 unspecified atom stereocenters. The Morgan fingerprint density at radius 1 is 1.25 bits per heavy atom. The van der Waals surface area contributed by atoms with E-state index in [1.54, 1.807) is 11.9 Å². The molecule has 7 nitrogen and oxygen atoms in total. The molecular weight excluding hydrogens is 354 g/mol. The van der Waals surface area contributed by atoms with Crippen molar-refractivity contribution < 1.29 is 9.59 Å². The third kappa shape index (κ3) is 4.82. The zero-order chi connectivity index (χ0) is 20.0. The van der Waals surface area contributed by atoms with Crippen molar-refractivity contribution in [2.45, 2.75) is 39.2 Å². The van der Waals surface area contributed by atoms with Gasteiger partial charge in [0.15, 0.2) is 5.96 Å². The molecule has 2 aliphatic rings. The number of rotatable bonds is 6. The fourth-order valence-electron chi connectivity index (χ4n) is 3.77. The summed E-state index contributed by atoms with van der Waals surface area (Å²) in [6, 6.07) is 7.53. The van der Waals surface area contributed by atoms with E-state index in [9.17, 15) is 9.59 Å². The van der Waals surface area contributed by atoms with Gasteiger partial charge >= 0.3 is 0 Å². The van der Waals surface area contributed by atoms with Gasteiger partial charge < -0.3 is 20.9 Å². The number of nitrogens with one attached hydrogen (secondary N) is 3. The quantitative estimate of drug-likeness (QED) is 0.512. The van der Waals surface area contributed by atoms with Gasteiger partial charge in [0.25, 0.3) is 5.91 Å². The number of hydrogen-bond acceptors (Lipinski definition) is 3. The lowest BCUT2D eigenvalue weighted by atomic mass is 9.67. The van der Waals surface area contributed by atoms with Gasteiger partial charge in [0.2, 0.25) is 5.91 Å². The summed E-state index contributed by atoms with van der Waals surface area (Å²) >= 11 is 0. The van der Waals surface area contributed by atoms with Crippen LogP contribution in [-0.2, 0) is 11.3 Å². The topological polar surface area (TPSA) is 85.8 Å². The maximum absolute atomic E-state index is 12.5. The molecule has 1 aliphatic carbocycles. The first-order valence-corrected chi connectivity index (χ1v) is 10.1. The molecule has 0 atom stereocenters. The van der Waals surface area contributed by atoms with Crippen LogP contribution in [0, 0.1) is 5.41 Å². The smallest absolute Gasteiger partial charge is 0.254 e. The van der Waals surface area contributed by atoms with Gasteiger partial charge in [0.1, 0.15) is 0 Å². The van der Waals surface area contributed by atoms with Gasteiger partial charge in [-0.3, -0.25) is 14.6 Å². The first-order chi connectivity index (χ1) is 13.5. The number of piperazine rings is 1. The van der Waals surface area contributed by atoms with Crippen molar-refractivity contribution in [3.63, 3.8) is 0 Å². The van der Waals surface area contributed by atoms with Crippen LogP contribution in [0.4, 0.5) is 0 Å². The molecule has 152 valence electrons. The fourth-order valence-corrected chi connectivity index (χ4v) is 3.77. The number of carbonyl (C=O) groups excluding carboxylic acids is 2. The van der Waals surface area contributed by atoms with Crippen molar-refractivity contribution in [3.8, 4) is 0 Å². The van der Waals surface area contributed by atoms with E-state index in [2.05, 4.69) is 27.9 Å². The summed E-state index contributed by atoms with van der Waals surface area (Å²) in [7, 11) is 1.78. The van der Waals surface area contributed by atoms with Crippen molar-refractivity contribution in [2.24, 2.45) is 10.4 Å². The highest BCUT2D eigenvalue weighted by molar-refractivity contribution is 5.97. The Morgan fingerprint density at radius 3 is 2.57 bits per heavy atom. The van der Waals surface area contributed by atoms with Crippen LogP contribution in [0.3, 0.4) is 0 Å². The average molecular weight is 386 g/mol. The normalized spacial score (nSPS) is 18.9. The van der Waals surface area contributed by atoms with Crippen LogP contribution in [-0.4, -0.2) is 55.9 Å². The second kappa shape index (κ2) is 9.08. The van der Waals surface area contributed by atoms with Gasteiger partial charge in [-0.1, -0.05) is 25.5 Å². The first kappa shape index (κ1) is 20.2. The summed E-state index contributed by atoms with van der Waals surface area (Å²) < 4.78 is 0. The number of hydrogen-bond donors (Lipinski definition) is 3. The Labute approximate surface area is 167 Å². The molecule has 1 aromatic rings. The molecule has 2 amide bonds.